The highest BCUT2D eigenvalue weighted by atomic mass is 16.6. The van der Waals surface area contributed by atoms with E-state index in [4.69, 9.17) is 9.47 Å². The highest BCUT2D eigenvalue weighted by Gasteiger charge is 2.09. The third-order valence-electron chi connectivity index (χ3n) is 3.95. The lowest BCUT2D eigenvalue weighted by Crippen LogP contribution is -2.20. The van der Waals surface area contributed by atoms with Crippen LogP contribution in [-0.2, 0) is 14.3 Å². The lowest BCUT2D eigenvalue weighted by molar-refractivity contribution is -0.142. The van der Waals surface area contributed by atoms with Crippen molar-refractivity contribution in [2.45, 2.75) is 26.7 Å². The maximum absolute atomic E-state index is 12.2. The number of esters is 1. The average molecular weight is 371 g/mol. The van der Waals surface area contributed by atoms with Gasteiger partial charge in [0.05, 0.1) is 7.11 Å². The molecule has 0 radical (unpaired) electrons. The van der Waals surface area contributed by atoms with Crippen LogP contribution in [0.15, 0.2) is 42.5 Å². The highest BCUT2D eigenvalue weighted by Crippen LogP contribution is 2.22. The number of nitrogens with one attached hydrogen (secondary N) is 1. The van der Waals surface area contributed by atoms with Gasteiger partial charge in [0.15, 0.2) is 13.2 Å². The fraction of sp³-hybridized carbons (Fsp3) is 0.333. The maximum atomic E-state index is 12.2. The van der Waals surface area contributed by atoms with E-state index >= 15 is 0 Å². The molecule has 0 fully saturated rings. The molecule has 2 rings (SSSR count). The van der Waals surface area contributed by atoms with E-state index in [9.17, 15) is 9.59 Å². The van der Waals surface area contributed by atoms with Crippen molar-refractivity contribution in [2.75, 3.05) is 25.6 Å². The molecule has 2 aromatic rings. The van der Waals surface area contributed by atoms with Crippen molar-refractivity contribution in [3.8, 4) is 11.5 Å². The Morgan fingerprint density at radius 2 is 1.70 bits per heavy atom. The SMILES string of the molecule is COC(=O)COc1ccc(NC(=O)COc2cccc(C(C)C)c2)c(C)c1. The first-order valence-electron chi connectivity index (χ1n) is 8.72. The molecule has 0 unspecified atom stereocenters. The molecule has 0 spiro atoms. The average Bonchev–Trinajstić information content (AvgIpc) is 2.66. The van der Waals surface area contributed by atoms with E-state index in [0.29, 0.717) is 23.1 Å². The van der Waals surface area contributed by atoms with Gasteiger partial charge in [-0.3, -0.25) is 4.79 Å². The molecule has 6 heteroatoms. The van der Waals surface area contributed by atoms with Crippen LogP contribution in [-0.4, -0.2) is 32.2 Å². The predicted molar refractivity (Wildman–Crippen MR) is 103 cm³/mol. The van der Waals surface area contributed by atoms with Gasteiger partial charge in [0.2, 0.25) is 0 Å². The molecule has 0 aliphatic carbocycles. The van der Waals surface area contributed by atoms with Gasteiger partial charge in [-0.15, -0.1) is 0 Å². The number of ether oxygens (including phenoxy) is 3. The molecule has 2 aromatic carbocycles. The fourth-order valence-corrected chi connectivity index (χ4v) is 2.37. The second kappa shape index (κ2) is 9.62. The number of methoxy groups -OCH3 is 1. The maximum Gasteiger partial charge on any atom is 0.343 e. The Hall–Kier alpha value is -3.02. The summed E-state index contributed by atoms with van der Waals surface area (Å²) < 4.78 is 15.4. The van der Waals surface area contributed by atoms with Gasteiger partial charge in [0.25, 0.3) is 5.91 Å². The molecule has 6 nitrogen and oxygen atoms in total. The summed E-state index contributed by atoms with van der Waals surface area (Å²) in [5, 5.41) is 2.81. The van der Waals surface area contributed by atoms with Crippen LogP contribution < -0.4 is 14.8 Å². The fourth-order valence-electron chi connectivity index (χ4n) is 2.37. The molecule has 1 amide bonds. The molecule has 0 aliphatic rings. The molecule has 0 saturated carbocycles. The predicted octanol–water partition coefficient (Wildman–Crippen LogP) is 3.69. The Kier molecular flexibility index (Phi) is 7.23. The number of benzene rings is 2. The van der Waals surface area contributed by atoms with E-state index in [0.717, 1.165) is 11.1 Å². The lowest BCUT2D eigenvalue weighted by atomic mass is 10.0. The Morgan fingerprint density at radius 3 is 2.37 bits per heavy atom. The lowest BCUT2D eigenvalue weighted by Gasteiger charge is -2.12. The number of hydrogen-bond acceptors (Lipinski definition) is 5. The minimum Gasteiger partial charge on any atom is -0.484 e. The Morgan fingerprint density at radius 1 is 1.00 bits per heavy atom. The van der Waals surface area contributed by atoms with Gasteiger partial charge in [-0.25, -0.2) is 4.79 Å². The van der Waals surface area contributed by atoms with Crippen molar-refractivity contribution in [2.24, 2.45) is 0 Å². The Bertz CT molecular complexity index is 801. The van der Waals surface area contributed by atoms with Gasteiger partial charge in [0.1, 0.15) is 11.5 Å². The van der Waals surface area contributed by atoms with E-state index in [2.05, 4.69) is 23.9 Å². The largest absolute Gasteiger partial charge is 0.484 e. The molecule has 144 valence electrons. The zero-order valence-electron chi connectivity index (χ0n) is 16.1. The summed E-state index contributed by atoms with van der Waals surface area (Å²) in [6.07, 6.45) is 0. The van der Waals surface area contributed by atoms with E-state index in [1.807, 2.05) is 31.2 Å². The quantitative estimate of drug-likeness (QED) is 0.717. The van der Waals surface area contributed by atoms with Crippen molar-refractivity contribution in [3.63, 3.8) is 0 Å². The smallest absolute Gasteiger partial charge is 0.343 e. The second-order valence-electron chi connectivity index (χ2n) is 6.41. The summed E-state index contributed by atoms with van der Waals surface area (Å²) in [5.41, 5.74) is 2.63. The summed E-state index contributed by atoms with van der Waals surface area (Å²) in [6.45, 7) is 5.81. The molecule has 0 aliphatic heterocycles. The third kappa shape index (κ3) is 6.33. The van der Waals surface area contributed by atoms with Crippen LogP contribution in [0.25, 0.3) is 0 Å². The van der Waals surface area contributed by atoms with Crippen molar-refractivity contribution in [1.29, 1.82) is 0 Å². The van der Waals surface area contributed by atoms with Crippen LogP contribution in [0.1, 0.15) is 30.9 Å². The number of hydrogen-bond donors (Lipinski definition) is 1. The van der Waals surface area contributed by atoms with Crippen LogP contribution in [0.4, 0.5) is 5.69 Å². The molecule has 27 heavy (non-hydrogen) atoms. The first kappa shape index (κ1) is 20.3. The summed E-state index contributed by atoms with van der Waals surface area (Å²) >= 11 is 0. The van der Waals surface area contributed by atoms with E-state index in [-0.39, 0.29) is 19.1 Å². The minimum absolute atomic E-state index is 0.0818. The number of carbonyl (C=O) groups excluding carboxylic acids is 2. The standard InChI is InChI=1S/C21H25NO5/c1-14(2)16-6-5-7-17(11-16)26-12-20(23)22-19-9-8-18(10-15(19)3)27-13-21(24)25-4/h5-11,14H,12-13H2,1-4H3,(H,22,23). The topological polar surface area (TPSA) is 73.9 Å². The summed E-state index contributed by atoms with van der Waals surface area (Å²) in [7, 11) is 1.30. The molecule has 0 aromatic heterocycles. The van der Waals surface area contributed by atoms with Gasteiger partial charge >= 0.3 is 5.97 Å². The molecule has 0 atom stereocenters. The molecular weight excluding hydrogens is 346 g/mol. The number of amides is 1. The molecule has 0 bridgehead atoms. The van der Waals surface area contributed by atoms with E-state index in [1.165, 1.54) is 7.11 Å². The van der Waals surface area contributed by atoms with E-state index < -0.39 is 5.97 Å². The Balaban J connectivity index is 1.90. The second-order valence-corrected chi connectivity index (χ2v) is 6.41. The van der Waals surface area contributed by atoms with Crippen molar-refractivity contribution in [1.82, 2.24) is 0 Å². The van der Waals surface area contributed by atoms with Gasteiger partial charge in [-0.05, 0) is 54.3 Å². The van der Waals surface area contributed by atoms with Gasteiger partial charge < -0.3 is 19.5 Å². The summed E-state index contributed by atoms with van der Waals surface area (Å²) in [4.78, 5) is 23.3. The monoisotopic (exact) mass is 371 g/mol. The van der Waals surface area contributed by atoms with Crippen LogP contribution in [0.3, 0.4) is 0 Å². The minimum atomic E-state index is -0.455. The van der Waals surface area contributed by atoms with Gasteiger partial charge in [-0.2, -0.15) is 0 Å². The Labute approximate surface area is 159 Å². The van der Waals surface area contributed by atoms with Crippen LogP contribution >= 0.6 is 0 Å². The number of aryl methyl sites for hydroxylation is 1. The first-order valence-corrected chi connectivity index (χ1v) is 8.72. The number of anilines is 1. The van der Waals surface area contributed by atoms with E-state index in [1.54, 1.807) is 18.2 Å². The molecular formula is C21H25NO5. The summed E-state index contributed by atoms with van der Waals surface area (Å²) in [5.74, 6) is 0.877. The van der Waals surface area contributed by atoms with Crippen LogP contribution in [0.2, 0.25) is 0 Å². The van der Waals surface area contributed by atoms with Crippen molar-refractivity contribution >= 4 is 17.6 Å². The van der Waals surface area contributed by atoms with Gasteiger partial charge in [0, 0.05) is 5.69 Å². The third-order valence-corrected chi connectivity index (χ3v) is 3.95. The first-order chi connectivity index (χ1) is 12.9. The zero-order valence-corrected chi connectivity index (χ0v) is 16.1. The van der Waals surface area contributed by atoms with Crippen LogP contribution in [0.5, 0.6) is 11.5 Å². The summed E-state index contributed by atoms with van der Waals surface area (Å²) in [6, 6.07) is 12.9. The highest BCUT2D eigenvalue weighted by molar-refractivity contribution is 5.92. The number of rotatable bonds is 8. The van der Waals surface area contributed by atoms with Crippen molar-refractivity contribution in [3.05, 3.63) is 53.6 Å². The molecule has 1 N–H and O–H groups in total. The normalized spacial score (nSPS) is 10.4. The van der Waals surface area contributed by atoms with Crippen LogP contribution in [0, 0.1) is 6.92 Å². The molecule has 0 saturated heterocycles. The molecule has 0 heterocycles. The van der Waals surface area contributed by atoms with Crippen molar-refractivity contribution < 1.29 is 23.8 Å². The van der Waals surface area contributed by atoms with Gasteiger partial charge in [-0.1, -0.05) is 26.0 Å². The zero-order chi connectivity index (χ0) is 19.8. The number of carbonyl (C=O) groups is 2.